The van der Waals surface area contributed by atoms with Crippen LogP contribution in [0.5, 0.6) is 5.88 Å². The maximum Gasteiger partial charge on any atom is 0.260 e. The molecule has 0 saturated carbocycles. The summed E-state index contributed by atoms with van der Waals surface area (Å²) in [7, 11) is 0. The number of amides is 1. The zero-order valence-electron chi connectivity index (χ0n) is 19.1. The molecule has 2 aliphatic heterocycles. The number of nitrogens with zero attached hydrogens (tertiary/aromatic N) is 4. The van der Waals surface area contributed by atoms with Crippen LogP contribution in [0.15, 0.2) is 47.1 Å². The van der Waals surface area contributed by atoms with E-state index in [1.165, 1.54) is 29.5 Å². The summed E-state index contributed by atoms with van der Waals surface area (Å²) in [4.78, 5) is 28.6. The van der Waals surface area contributed by atoms with Crippen LogP contribution < -0.4 is 4.74 Å². The molecule has 3 aromatic rings. The van der Waals surface area contributed by atoms with Crippen molar-refractivity contribution in [3.05, 3.63) is 75.4 Å². The molecule has 0 bridgehead atoms. The Labute approximate surface area is 205 Å². The minimum Gasteiger partial charge on any atom is -0.467 e. The topological polar surface area (TPSA) is 76.9 Å². The third-order valence-corrected chi connectivity index (χ3v) is 7.31. The van der Waals surface area contributed by atoms with E-state index in [9.17, 15) is 13.6 Å². The monoisotopic (exact) mass is 498 g/mol. The summed E-state index contributed by atoms with van der Waals surface area (Å²) in [6.45, 7) is 3.11. The summed E-state index contributed by atoms with van der Waals surface area (Å²) >= 11 is 1.53. The first-order valence-electron chi connectivity index (χ1n) is 11.4. The number of halogens is 2. The third kappa shape index (κ3) is 5.02. The highest BCUT2D eigenvalue weighted by Crippen LogP contribution is 2.35. The van der Waals surface area contributed by atoms with Crippen LogP contribution in [0, 0.1) is 18.6 Å². The Morgan fingerprint density at radius 3 is 2.71 bits per heavy atom. The number of carbonyl (C=O) groups is 1. The van der Waals surface area contributed by atoms with Crippen molar-refractivity contribution in [2.45, 2.75) is 38.2 Å². The van der Waals surface area contributed by atoms with E-state index in [1.54, 1.807) is 6.20 Å². The van der Waals surface area contributed by atoms with Crippen LogP contribution in [-0.4, -0.2) is 46.2 Å². The van der Waals surface area contributed by atoms with Crippen molar-refractivity contribution in [2.24, 2.45) is 5.16 Å². The quantitative estimate of drug-likeness (QED) is 0.489. The van der Waals surface area contributed by atoms with Gasteiger partial charge in [0.05, 0.1) is 16.3 Å². The van der Waals surface area contributed by atoms with Gasteiger partial charge in [-0.05, 0) is 38.0 Å². The number of likely N-dealkylation sites (tertiary alicyclic amines) is 1. The van der Waals surface area contributed by atoms with E-state index in [2.05, 4.69) is 10.1 Å². The third-order valence-electron chi connectivity index (χ3n) is 6.30. The van der Waals surface area contributed by atoms with Gasteiger partial charge in [-0.15, -0.1) is 11.3 Å². The first kappa shape index (κ1) is 23.3. The molecule has 1 saturated heterocycles. The van der Waals surface area contributed by atoms with Gasteiger partial charge >= 0.3 is 0 Å². The zero-order valence-corrected chi connectivity index (χ0v) is 19.9. The SMILES string of the molecule is Cc1cccnc1OCC(=O)N1CCC(c2nc(C3=NOC(c4c(F)cccc4F)C3)cs2)CC1. The molecule has 0 spiro atoms. The van der Waals surface area contributed by atoms with E-state index >= 15 is 0 Å². The Balaban J connectivity index is 1.14. The molecule has 35 heavy (non-hydrogen) atoms. The van der Waals surface area contributed by atoms with Crippen LogP contribution >= 0.6 is 11.3 Å². The summed E-state index contributed by atoms with van der Waals surface area (Å²) in [6.07, 6.45) is 2.69. The van der Waals surface area contributed by atoms with E-state index in [1.807, 2.05) is 29.3 Å². The number of ether oxygens (including phenoxy) is 1. The molecule has 1 unspecified atom stereocenters. The second-order valence-electron chi connectivity index (χ2n) is 8.61. The Bertz CT molecular complexity index is 1240. The molecule has 0 radical (unpaired) electrons. The average molecular weight is 499 g/mol. The molecule has 5 rings (SSSR count). The number of aromatic nitrogens is 2. The number of oxime groups is 1. The molecule has 2 aliphatic rings. The van der Waals surface area contributed by atoms with Crippen molar-refractivity contribution in [3.63, 3.8) is 0 Å². The number of piperidine rings is 1. The van der Waals surface area contributed by atoms with Gasteiger partial charge in [-0.2, -0.15) is 0 Å². The van der Waals surface area contributed by atoms with Gasteiger partial charge in [-0.1, -0.05) is 17.3 Å². The second-order valence-corrected chi connectivity index (χ2v) is 9.50. The van der Waals surface area contributed by atoms with Gasteiger partial charge in [0.2, 0.25) is 5.88 Å². The lowest BCUT2D eigenvalue weighted by Crippen LogP contribution is -2.40. The van der Waals surface area contributed by atoms with E-state index in [-0.39, 0.29) is 30.4 Å². The molecule has 0 aliphatic carbocycles. The van der Waals surface area contributed by atoms with Crippen molar-refractivity contribution in [1.29, 1.82) is 0 Å². The lowest BCUT2D eigenvalue weighted by molar-refractivity contribution is -0.134. The number of hydrogen-bond acceptors (Lipinski definition) is 7. The number of aryl methyl sites for hydroxylation is 1. The fraction of sp³-hybridized carbons (Fsp3) is 0.360. The molecule has 182 valence electrons. The predicted molar refractivity (Wildman–Crippen MR) is 126 cm³/mol. The van der Waals surface area contributed by atoms with Gasteiger partial charge in [-0.3, -0.25) is 4.79 Å². The maximum absolute atomic E-state index is 14.1. The highest BCUT2D eigenvalue weighted by Gasteiger charge is 2.31. The molecule has 1 amide bonds. The number of benzene rings is 1. The maximum atomic E-state index is 14.1. The minimum atomic E-state index is -0.803. The molecule has 4 heterocycles. The van der Waals surface area contributed by atoms with Crippen molar-refractivity contribution in [3.8, 4) is 5.88 Å². The van der Waals surface area contributed by atoms with E-state index < -0.39 is 17.7 Å². The minimum absolute atomic E-state index is 0.0342. The largest absolute Gasteiger partial charge is 0.467 e. The molecular weight excluding hydrogens is 474 g/mol. The van der Waals surface area contributed by atoms with Crippen LogP contribution in [0.1, 0.15) is 53.1 Å². The molecule has 7 nitrogen and oxygen atoms in total. The highest BCUT2D eigenvalue weighted by atomic mass is 32.1. The number of pyridine rings is 1. The first-order valence-corrected chi connectivity index (χ1v) is 12.3. The van der Waals surface area contributed by atoms with Crippen molar-refractivity contribution >= 4 is 23.0 Å². The molecule has 2 aromatic heterocycles. The Kier molecular flexibility index (Phi) is 6.72. The fourth-order valence-corrected chi connectivity index (χ4v) is 5.33. The van der Waals surface area contributed by atoms with Crippen LogP contribution in [0.25, 0.3) is 0 Å². The van der Waals surface area contributed by atoms with Gasteiger partial charge in [0, 0.05) is 42.6 Å². The van der Waals surface area contributed by atoms with Gasteiger partial charge in [-0.25, -0.2) is 18.7 Å². The van der Waals surface area contributed by atoms with Crippen LogP contribution in [0.3, 0.4) is 0 Å². The fourth-order valence-electron chi connectivity index (χ4n) is 4.33. The van der Waals surface area contributed by atoms with Gasteiger partial charge < -0.3 is 14.5 Å². The van der Waals surface area contributed by atoms with E-state index in [4.69, 9.17) is 14.6 Å². The lowest BCUT2D eigenvalue weighted by atomic mass is 9.97. The van der Waals surface area contributed by atoms with Crippen molar-refractivity contribution in [2.75, 3.05) is 19.7 Å². The van der Waals surface area contributed by atoms with Crippen molar-refractivity contribution < 1.29 is 23.1 Å². The van der Waals surface area contributed by atoms with Gasteiger partial charge in [0.1, 0.15) is 17.3 Å². The predicted octanol–water partition coefficient (Wildman–Crippen LogP) is 4.78. The first-order chi connectivity index (χ1) is 17.0. The highest BCUT2D eigenvalue weighted by molar-refractivity contribution is 7.10. The van der Waals surface area contributed by atoms with E-state index in [0.717, 1.165) is 23.4 Å². The average Bonchev–Trinajstić information content (AvgIpc) is 3.54. The normalized spacial score (nSPS) is 18.3. The zero-order chi connectivity index (χ0) is 24.4. The van der Waals surface area contributed by atoms with Crippen LogP contribution in [0.2, 0.25) is 0 Å². The van der Waals surface area contributed by atoms with Crippen molar-refractivity contribution in [1.82, 2.24) is 14.9 Å². The second kappa shape index (κ2) is 10.1. The Hall–Kier alpha value is -3.40. The van der Waals surface area contributed by atoms with Crippen LogP contribution in [-0.2, 0) is 9.63 Å². The summed E-state index contributed by atoms with van der Waals surface area (Å²) in [5.74, 6) is -0.638. The molecular formula is C25H24F2N4O3S. The molecule has 10 heteroatoms. The molecule has 1 aromatic carbocycles. The standard InChI is InChI=1S/C25H24F2N4O3S/c1-15-4-3-9-28-24(15)33-13-22(32)31-10-7-16(8-11-31)25-29-20(14-35-25)19-12-21(34-30-19)23-17(26)5-2-6-18(23)27/h2-6,9,14,16,21H,7-8,10-13H2,1H3. The van der Waals surface area contributed by atoms with Gasteiger partial charge in [0.25, 0.3) is 5.91 Å². The molecule has 0 N–H and O–H groups in total. The smallest absolute Gasteiger partial charge is 0.260 e. The molecule has 1 fully saturated rings. The lowest BCUT2D eigenvalue weighted by Gasteiger charge is -2.31. The van der Waals surface area contributed by atoms with Crippen LogP contribution in [0.4, 0.5) is 8.78 Å². The summed E-state index contributed by atoms with van der Waals surface area (Å²) in [5.41, 5.74) is 2.03. The van der Waals surface area contributed by atoms with E-state index in [0.29, 0.717) is 30.4 Å². The number of thiazole rings is 1. The Morgan fingerprint density at radius 2 is 1.97 bits per heavy atom. The number of rotatable bonds is 6. The summed E-state index contributed by atoms with van der Waals surface area (Å²) in [5, 5.41) is 6.92. The summed E-state index contributed by atoms with van der Waals surface area (Å²) in [6, 6.07) is 7.46. The summed E-state index contributed by atoms with van der Waals surface area (Å²) < 4.78 is 33.8. The Morgan fingerprint density at radius 1 is 1.20 bits per heavy atom. The number of hydrogen-bond donors (Lipinski definition) is 0. The molecule has 1 atom stereocenters. The van der Waals surface area contributed by atoms with Gasteiger partial charge in [0.15, 0.2) is 12.7 Å². The number of carbonyl (C=O) groups excluding carboxylic acids is 1.